The van der Waals surface area contributed by atoms with E-state index in [1.807, 2.05) is 12.1 Å². The van der Waals surface area contributed by atoms with E-state index in [2.05, 4.69) is 4.67 Å². The number of phenols is 6. The Morgan fingerprint density at radius 2 is 0.935 bits per heavy atom. The lowest BCUT2D eigenvalue weighted by Crippen LogP contribution is -1.94. The van der Waals surface area contributed by atoms with Crippen LogP contribution in [0, 0.1) is 0 Å². The van der Waals surface area contributed by atoms with Crippen LogP contribution in [-0.2, 0) is 9.24 Å². The van der Waals surface area contributed by atoms with E-state index in [0.29, 0.717) is 11.8 Å². The Morgan fingerprint density at radius 3 is 1.17 bits per heavy atom. The van der Waals surface area contributed by atoms with Crippen LogP contribution in [0.2, 0.25) is 0 Å². The molecule has 3 saturated carbocycles. The van der Waals surface area contributed by atoms with Crippen molar-refractivity contribution < 1.29 is 62.0 Å². The van der Waals surface area contributed by atoms with Gasteiger partial charge in [-0.05, 0) is 90.3 Å². The lowest BCUT2D eigenvalue weighted by Gasteiger charge is -2.11. The van der Waals surface area contributed by atoms with E-state index in [4.69, 9.17) is 40.2 Å². The zero-order chi connectivity index (χ0) is 33.2. The highest BCUT2D eigenvalue weighted by Gasteiger charge is 2.20. The van der Waals surface area contributed by atoms with Crippen LogP contribution in [0.1, 0.15) is 101 Å². The van der Waals surface area contributed by atoms with Gasteiger partial charge in [0.15, 0.2) is 0 Å². The highest BCUT2D eigenvalue weighted by atomic mass is 31.1. The van der Waals surface area contributed by atoms with Gasteiger partial charge < -0.3 is 46.1 Å². The van der Waals surface area contributed by atoms with Crippen molar-refractivity contribution >= 4 is 8.25 Å². The van der Waals surface area contributed by atoms with Gasteiger partial charge in [-0.1, -0.05) is 56.7 Å². The van der Waals surface area contributed by atoms with Gasteiger partial charge in [-0.25, -0.2) is 5.26 Å². The Hall–Kier alpha value is -3.64. The first-order valence-corrected chi connectivity index (χ1v) is 16.2. The first-order valence-electron chi connectivity index (χ1n) is 15.2. The van der Waals surface area contributed by atoms with Crippen LogP contribution >= 0.6 is 8.25 Å². The monoisotopic (exact) mass is 668 g/mol. The highest BCUT2D eigenvalue weighted by Crippen LogP contribution is 2.40. The van der Waals surface area contributed by atoms with Gasteiger partial charge in [-0.2, -0.15) is 0 Å². The molecule has 10 N–H and O–H groups in total. The topological polar surface area (TPSA) is 243 Å². The number of rotatable bonds is 3. The van der Waals surface area contributed by atoms with Gasteiger partial charge in [0.05, 0.1) is 6.10 Å². The summed E-state index contributed by atoms with van der Waals surface area (Å²) in [6.07, 6.45) is 14.3. The van der Waals surface area contributed by atoms with E-state index in [1.54, 1.807) is 18.2 Å². The average Bonchev–Trinajstić information content (AvgIpc) is 3.79. The maximum absolute atomic E-state index is 9.59. The number of aliphatic hydroxyl groups excluding tert-OH is 1. The van der Waals surface area contributed by atoms with Crippen molar-refractivity contribution in [1.29, 1.82) is 0 Å². The number of hydrogen-bond acceptors (Lipinski definition) is 11. The summed E-state index contributed by atoms with van der Waals surface area (Å²) in [6.45, 7) is 0. The lowest BCUT2D eigenvalue weighted by molar-refractivity contribution is -0.244. The van der Waals surface area contributed by atoms with Crippen LogP contribution in [0.3, 0.4) is 0 Å². The number of hydrogen-bond donors (Lipinski definition) is 8. The first-order chi connectivity index (χ1) is 21.5. The predicted octanol–water partition coefficient (Wildman–Crippen LogP) is 6.44. The summed E-state index contributed by atoms with van der Waals surface area (Å²) >= 11 is 0. The molecule has 0 aliphatic heterocycles. The van der Waals surface area contributed by atoms with Gasteiger partial charge in [0.2, 0.25) is 0 Å². The van der Waals surface area contributed by atoms with Gasteiger partial charge in [0.25, 0.3) is 0 Å². The normalized spacial score (nSPS) is 16.2. The molecule has 13 heteroatoms. The van der Waals surface area contributed by atoms with Crippen molar-refractivity contribution in [3.63, 3.8) is 0 Å². The molecule has 0 bridgehead atoms. The molecule has 0 radical (unpaired) electrons. The van der Waals surface area contributed by atoms with Gasteiger partial charge in [-0.15, -0.1) is 0 Å². The maximum atomic E-state index is 9.59. The SMILES string of the molecule is O.O=[P+]([O-])OO.OC1CCCC1.Oc1ccc(C2CCCC2)c(O)c1.Oc1ccc(C2CCCC2)c(O)c1.Oc1cccc(O)c1.[HH]. The van der Waals surface area contributed by atoms with E-state index >= 15 is 0 Å². The molecule has 3 aromatic carbocycles. The molecule has 46 heavy (non-hydrogen) atoms. The number of aromatic hydroxyl groups is 6. The van der Waals surface area contributed by atoms with E-state index in [0.717, 1.165) is 24.0 Å². The molecule has 0 aromatic heterocycles. The van der Waals surface area contributed by atoms with Crippen LogP contribution in [0.25, 0.3) is 0 Å². The Balaban J connectivity index is 0.000000584. The quantitative estimate of drug-likeness (QED) is 0.0857. The molecule has 0 heterocycles. The molecule has 12 nitrogen and oxygen atoms in total. The summed E-state index contributed by atoms with van der Waals surface area (Å²) in [6, 6.07) is 15.7. The van der Waals surface area contributed by atoms with Crippen LogP contribution in [0.4, 0.5) is 0 Å². The molecule has 0 saturated heterocycles. The molecular weight excluding hydrogens is 619 g/mol. The zero-order valence-corrected chi connectivity index (χ0v) is 26.6. The van der Waals surface area contributed by atoms with Crippen molar-refractivity contribution in [2.45, 2.75) is 95.0 Å². The third-order valence-electron chi connectivity index (χ3n) is 7.84. The summed E-state index contributed by atoms with van der Waals surface area (Å²) in [5.74, 6) is 1.94. The molecule has 0 spiro atoms. The summed E-state index contributed by atoms with van der Waals surface area (Å²) in [7, 11) is -3.04. The fraction of sp³-hybridized carbons (Fsp3) is 0.455. The minimum absolute atomic E-state index is 0. The molecular formula is C33H49O12P. The minimum atomic E-state index is -3.04. The minimum Gasteiger partial charge on any atom is -0.565 e. The second-order valence-electron chi connectivity index (χ2n) is 11.2. The third kappa shape index (κ3) is 15.6. The second kappa shape index (κ2) is 22.0. The molecule has 6 rings (SSSR count). The summed E-state index contributed by atoms with van der Waals surface area (Å²) < 4.78 is 11.6. The van der Waals surface area contributed by atoms with E-state index in [9.17, 15) is 10.2 Å². The van der Waals surface area contributed by atoms with Crippen molar-refractivity contribution in [2.24, 2.45) is 0 Å². The summed E-state index contributed by atoms with van der Waals surface area (Å²) in [4.78, 5) is 8.93. The summed E-state index contributed by atoms with van der Waals surface area (Å²) in [5.41, 5.74) is 1.99. The fourth-order valence-electron chi connectivity index (χ4n) is 5.63. The fourth-order valence-corrected chi connectivity index (χ4v) is 5.63. The van der Waals surface area contributed by atoms with Crippen molar-refractivity contribution in [1.82, 2.24) is 0 Å². The smallest absolute Gasteiger partial charge is 0.521 e. The van der Waals surface area contributed by atoms with Gasteiger partial charge >= 0.3 is 8.25 Å². The second-order valence-corrected chi connectivity index (χ2v) is 11.8. The lowest BCUT2D eigenvalue weighted by atomic mass is 9.97. The first kappa shape index (κ1) is 40.4. The van der Waals surface area contributed by atoms with Crippen LogP contribution < -0.4 is 4.89 Å². The molecule has 3 fully saturated rings. The van der Waals surface area contributed by atoms with Gasteiger partial charge in [0, 0.05) is 24.3 Å². The van der Waals surface area contributed by atoms with Crippen molar-refractivity contribution in [3.8, 4) is 34.5 Å². The van der Waals surface area contributed by atoms with Gasteiger partial charge in [0.1, 0.15) is 34.5 Å². The van der Waals surface area contributed by atoms with Gasteiger partial charge in [-0.3, -0.25) is 0 Å². The molecule has 3 aromatic rings. The average molecular weight is 669 g/mol. The van der Waals surface area contributed by atoms with E-state index in [1.165, 1.54) is 94.5 Å². The summed E-state index contributed by atoms with van der Waals surface area (Å²) in [5, 5.41) is 70.5. The number of aliphatic hydroxyl groups is 1. The Kier molecular flexibility index (Phi) is 19.3. The Labute approximate surface area is 271 Å². The zero-order valence-electron chi connectivity index (χ0n) is 25.7. The molecule has 3 aliphatic carbocycles. The predicted molar refractivity (Wildman–Crippen MR) is 173 cm³/mol. The molecule has 1 unspecified atom stereocenters. The highest BCUT2D eigenvalue weighted by molar-refractivity contribution is 7.30. The Bertz CT molecular complexity index is 1210. The van der Waals surface area contributed by atoms with E-state index in [-0.39, 0.29) is 47.5 Å². The van der Waals surface area contributed by atoms with E-state index < -0.39 is 8.25 Å². The van der Waals surface area contributed by atoms with Crippen molar-refractivity contribution in [3.05, 3.63) is 71.8 Å². The molecule has 1 atom stereocenters. The van der Waals surface area contributed by atoms with Crippen LogP contribution in [0.15, 0.2) is 60.7 Å². The molecule has 0 amide bonds. The molecule has 3 aliphatic rings. The molecule has 258 valence electrons. The number of benzene rings is 3. The van der Waals surface area contributed by atoms with Crippen LogP contribution in [-0.4, -0.2) is 52.6 Å². The standard InChI is InChI=1S/2C11H14O2.C6H6O2.C5H10O.HO4P.H2O.H2/c2*12-9-5-6-10(11(13)7-9)8-3-1-2-4-8;7-5-2-1-3-6(8)4-5;6-5-3-1-2-4-5;1-4-5(2)3;;/h2*5-8,12-13H,1-4H2;1-4,7-8H;5-6H,1-4H2;1H;1H2;1H. The largest absolute Gasteiger partial charge is 0.565 e. The number of phenolic OH excluding ortho intramolecular Hbond substituents is 6. The third-order valence-corrected chi connectivity index (χ3v) is 7.97. The van der Waals surface area contributed by atoms with Crippen molar-refractivity contribution in [2.75, 3.05) is 0 Å². The van der Waals surface area contributed by atoms with Crippen LogP contribution in [0.5, 0.6) is 34.5 Å². The maximum Gasteiger partial charge on any atom is 0.521 e. The Morgan fingerprint density at radius 1 is 0.609 bits per heavy atom.